The molecule has 1 aliphatic heterocycles. The Kier molecular flexibility index (Phi) is 3.72. The van der Waals surface area contributed by atoms with E-state index in [2.05, 4.69) is 37.0 Å². The fourth-order valence-electron chi connectivity index (χ4n) is 2.68. The summed E-state index contributed by atoms with van der Waals surface area (Å²) in [6.07, 6.45) is 3.71. The zero-order chi connectivity index (χ0) is 14.8. The third-order valence-electron chi connectivity index (χ3n) is 3.95. The van der Waals surface area contributed by atoms with Crippen LogP contribution in [0.15, 0.2) is 16.9 Å². The van der Waals surface area contributed by atoms with Gasteiger partial charge in [0.05, 0.1) is 0 Å². The van der Waals surface area contributed by atoms with Gasteiger partial charge in [-0.2, -0.15) is 4.98 Å². The van der Waals surface area contributed by atoms with E-state index < -0.39 is 0 Å². The van der Waals surface area contributed by atoms with E-state index in [9.17, 15) is 0 Å². The SMILES string of the molecule is Cc1cc(N(C)C2CCN(c3nc(C)no3)CC2)ncn1. The second kappa shape index (κ2) is 5.67. The number of nitrogens with zero attached hydrogens (tertiary/aromatic N) is 6. The Hall–Kier alpha value is -2.18. The Balaban J connectivity index is 1.63. The maximum atomic E-state index is 5.23. The number of anilines is 2. The second-order valence-electron chi connectivity index (χ2n) is 5.47. The lowest BCUT2D eigenvalue weighted by atomic mass is 10.0. The summed E-state index contributed by atoms with van der Waals surface area (Å²) in [5.74, 6) is 1.66. The summed E-state index contributed by atoms with van der Waals surface area (Å²) in [5, 5.41) is 3.85. The molecule has 1 saturated heterocycles. The van der Waals surface area contributed by atoms with Crippen molar-refractivity contribution in [3.8, 4) is 0 Å². The molecule has 0 amide bonds. The second-order valence-corrected chi connectivity index (χ2v) is 5.47. The van der Waals surface area contributed by atoms with E-state index in [0.29, 0.717) is 17.9 Å². The molecule has 0 unspecified atom stereocenters. The quantitative estimate of drug-likeness (QED) is 0.849. The number of hydrogen-bond donors (Lipinski definition) is 0. The molecule has 0 radical (unpaired) electrons. The normalized spacial score (nSPS) is 16.2. The molecule has 1 aliphatic rings. The van der Waals surface area contributed by atoms with E-state index in [1.165, 1.54) is 0 Å². The van der Waals surface area contributed by atoms with Gasteiger partial charge in [-0.3, -0.25) is 0 Å². The molecule has 0 N–H and O–H groups in total. The van der Waals surface area contributed by atoms with Gasteiger partial charge in [0.25, 0.3) is 0 Å². The molecule has 7 nitrogen and oxygen atoms in total. The van der Waals surface area contributed by atoms with Gasteiger partial charge in [0.1, 0.15) is 12.1 Å². The average molecular weight is 288 g/mol. The third-order valence-corrected chi connectivity index (χ3v) is 3.95. The molecule has 0 atom stereocenters. The molecule has 2 aromatic heterocycles. The number of aryl methyl sites for hydroxylation is 2. The molecule has 0 aromatic carbocycles. The molecule has 112 valence electrons. The highest BCUT2D eigenvalue weighted by atomic mass is 16.5. The van der Waals surface area contributed by atoms with Crippen LogP contribution in [0.25, 0.3) is 0 Å². The number of aromatic nitrogens is 4. The zero-order valence-electron chi connectivity index (χ0n) is 12.7. The van der Waals surface area contributed by atoms with Crippen LogP contribution in [0.5, 0.6) is 0 Å². The number of piperidine rings is 1. The number of rotatable bonds is 3. The van der Waals surface area contributed by atoms with Crippen molar-refractivity contribution in [2.45, 2.75) is 32.7 Å². The first kappa shape index (κ1) is 13.8. The van der Waals surface area contributed by atoms with E-state index in [0.717, 1.165) is 37.4 Å². The van der Waals surface area contributed by atoms with Gasteiger partial charge >= 0.3 is 6.01 Å². The van der Waals surface area contributed by atoms with Crippen LogP contribution in [0.3, 0.4) is 0 Å². The van der Waals surface area contributed by atoms with Gasteiger partial charge in [-0.25, -0.2) is 9.97 Å². The molecule has 7 heteroatoms. The Morgan fingerprint density at radius 1 is 1.24 bits per heavy atom. The third kappa shape index (κ3) is 2.96. The molecule has 21 heavy (non-hydrogen) atoms. The molecule has 2 aromatic rings. The highest BCUT2D eigenvalue weighted by Gasteiger charge is 2.25. The van der Waals surface area contributed by atoms with Gasteiger partial charge in [-0.1, -0.05) is 5.16 Å². The first-order valence-corrected chi connectivity index (χ1v) is 7.20. The summed E-state index contributed by atoms with van der Waals surface area (Å²) in [6, 6.07) is 3.12. The molecule has 0 aliphatic carbocycles. The lowest BCUT2D eigenvalue weighted by Crippen LogP contribution is -2.44. The zero-order valence-corrected chi connectivity index (χ0v) is 12.7. The van der Waals surface area contributed by atoms with Crippen LogP contribution in [-0.4, -0.2) is 46.3 Å². The Bertz CT molecular complexity index is 605. The van der Waals surface area contributed by atoms with Crippen LogP contribution in [0.1, 0.15) is 24.4 Å². The predicted molar refractivity (Wildman–Crippen MR) is 79.4 cm³/mol. The summed E-state index contributed by atoms with van der Waals surface area (Å²) in [7, 11) is 2.10. The Morgan fingerprint density at radius 2 is 2.00 bits per heavy atom. The monoisotopic (exact) mass is 288 g/mol. The summed E-state index contributed by atoms with van der Waals surface area (Å²) >= 11 is 0. The van der Waals surface area contributed by atoms with Crippen LogP contribution in [0, 0.1) is 13.8 Å². The van der Waals surface area contributed by atoms with Crippen LogP contribution in [0.4, 0.5) is 11.8 Å². The van der Waals surface area contributed by atoms with Gasteiger partial charge in [-0.15, -0.1) is 0 Å². The molecular formula is C14H20N6O. The fourth-order valence-corrected chi connectivity index (χ4v) is 2.68. The standard InChI is InChI=1S/C14H20N6O/c1-10-8-13(16-9-15-10)19(3)12-4-6-20(7-5-12)14-17-11(2)18-21-14/h8-9,12H,4-7H2,1-3H3. The maximum Gasteiger partial charge on any atom is 0.324 e. The van der Waals surface area contributed by atoms with Gasteiger partial charge < -0.3 is 14.3 Å². The van der Waals surface area contributed by atoms with Crippen molar-refractivity contribution in [1.82, 2.24) is 20.1 Å². The van der Waals surface area contributed by atoms with E-state index in [4.69, 9.17) is 4.52 Å². The summed E-state index contributed by atoms with van der Waals surface area (Å²) < 4.78 is 5.23. The van der Waals surface area contributed by atoms with Crippen molar-refractivity contribution in [3.63, 3.8) is 0 Å². The predicted octanol–water partition coefficient (Wildman–Crippen LogP) is 1.58. The average Bonchev–Trinajstić information content (AvgIpc) is 2.93. The van der Waals surface area contributed by atoms with Crippen molar-refractivity contribution < 1.29 is 4.52 Å². The van der Waals surface area contributed by atoms with Gasteiger partial charge in [0.15, 0.2) is 5.82 Å². The summed E-state index contributed by atoms with van der Waals surface area (Å²) in [6.45, 7) is 5.66. The van der Waals surface area contributed by atoms with E-state index in [1.54, 1.807) is 6.33 Å². The Labute approximate surface area is 124 Å². The van der Waals surface area contributed by atoms with Crippen LogP contribution >= 0.6 is 0 Å². The molecule has 3 rings (SSSR count). The van der Waals surface area contributed by atoms with E-state index >= 15 is 0 Å². The maximum absolute atomic E-state index is 5.23. The molecule has 0 saturated carbocycles. The highest BCUT2D eigenvalue weighted by molar-refractivity contribution is 5.39. The lowest BCUT2D eigenvalue weighted by Gasteiger charge is -2.36. The smallest absolute Gasteiger partial charge is 0.324 e. The van der Waals surface area contributed by atoms with Crippen molar-refractivity contribution >= 4 is 11.8 Å². The van der Waals surface area contributed by atoms with Crippen LogP contribution in [-0.2, 0) is 0 Å². The van der Waals surface area contributed by atoms with Crippen molar-refractivity contribution in [3.05, 3.63) is 23.9 Å². The first-order valence-electron chi connectivity index (χ1n) is 7.20. The minimum absolute atomic E-state index is 0.472. The lowest BCUT2D eigenvalue weighted by molar-refractivity contribution is 0.387. The van der Waals surface area contributed by atoms with Gasteiger partial charge in [-0.05, 0) is 26.7 Å². The van der Waals surface area contributed by atoms with E-state index in [-0.39, 0.29) is 0 Å². The van der Waals surface area contributed by atoms with Gasteiger partial charge in [0.2, 0.25) is 0 Å². The van der Waals surface area contributed by atoms with Crippen molar-refractivity contribution in [2.24, 2.45) is 0 Å². The topological polar surface area (TPSA) is 71.2 Å². The largest absolute Gasteiger partial charge is 0.356 e. The van der Waals surface area contributed by atoms with E-state index in [1.807, 2.05) is 19.9 Å². The number of hydrogen-bond acceptors (Lipinski definition) is 7. The summed E-state index contributed by atoms with van der Waals surface area (Å²) in [5.41, 5.74) is 0.991. The fraction of sp³-hybridized carbons (Fsp3) is 0.571. The minimum Gasteiger partial charge on any atom is -0.356 e. The van der Waals surface area contributed by atoms with Crippen LogP contribution < -0.4 is 9.80 Å². The highest BCUT2D eigenvalue weighted by Crippen LogP contribution is 2.23. The van der Waals surface area contributed by atoms with Crippen molar-refractivity contribution in [2.75, 3.05) is 29.9 Å². The molecule has 3 heterocycles. The van der Waals surface area contributed by atoms with Crippen LogP contribution in [0.2, 0.25) is 0 Å². The first-order chi connectivity index (χ1) is 10.1. The molecule has 0 spiro atoms. The molecular weight excluding hydrogens is 268 g/mol. The summed E-state index contributed by atoms with van der Waals surface area (Å²) in [4.78, 5) is 17.2. The molecule has 1 fully saturated rings. The minimum atomic E-state index is 0.472. The van der Waals surface area contributed by atoms with Crippen molar-refractivity contribution in [1.29, 1.82) is 0 Å². The Morgan fingerprint density at radius 3 is 2.62 bits per heavy atom. The molecule has 0 bridgehead atoms. The van der Waals surface area contributed by atoms with Gasteiger partial charge in [0, 0.05) is 37.9 Å².